The van der Waals surface area contributed by atoms with Crippen LogP contribution in [0.2, 0.25) is 0 Å². The molecule has 0 bridgehead atoms. The Morgan fingerprint density at radius 1 is 1.60 bits per heavy atom. The molecule has 2 rings (SSSR count). The van der Waals surface area contributed by atoms with E-state index in [1.807, 2.05) is 0 Å². The highest BCUT2D eigenvalue weighted by molar-refractivity contribution is 5.85. The van der Waals surface area contributed by atoms with Crippen molar-refractivity contribution in [2.75, 3.05) is 26.8 Å². The van der Waals surface area contributed by atoms with Gasteiger partial charge >= 0.3 is 0 Å². The smallest absolute Gasteiger partial charge is 0.221 e. The molecule has 1 unspecified atom stereocenters. The van der Waals surface area contributed by atoms with Gasteiger partial charge in [-0.15, -0.1) is 12.4 Å². The molecular weight excluding hydrogens is 282 g/mol. The average Bonchev–Trinajstić information content (AvgIpc) is 3.06. The Morgan fingerprint density at radius 2 is 2.45 bits per heavy atom. The SMILES string of the molecule is COCC1(CNC(=O)CCn2cncn2)CCCN1.Cl. The van der Waals surface area contributed by atoms with Crippen molar-refractivity contribution in [3.8, 4) is 0 Å². The largest absolute Gasteiger partial charge is 0.383 e. The minimum atomic E-state index is -0.0995. The summed E-state index contributed by atoms with van der Waals surface area (Å²) in [5, 5.41) is 10.4. The normalized spacial score (nSPS) is 21.4. The van der Waals surface area contributed by atoms with Gasteiger partial charge in [-0.25, -0.2) is 4.98 Å². The number of rotatable bonds is 7. The van der Waals surface area contributed by atoms with Crippen molar-refractivity contribution >= 4 is 18.3 Å². The lowest BCUT2D eigenvalue weighted by Crippen LogP contribution is -2.53. The Labute approximate surface area is 124 Å². The van der Waals surface area contributed by atoms with E-state index >= 15 is 0 Å². The molecule has 0 spiro atoms. The second-order valence-corrected chi connectivity index (χ2v) is 4.93. The third kappa shape index (κ3) is 4.73. The lowest BCUT2D eigenvalue weighted by molar-refractivity contribution is -0.121. The van der Waals surface area contributed by atoms with Crippen LogP contribution < -0.4 is 10.6 Å². The summed E-state index contributed by atoms with van der Waals surface area (Å²) in [6.45, 7) is 2.77. The van der Waals surface area contributed by atoms with Crippen molar-refractivity contribution in [1.29, 1.82) is 0 Å². The second-order valence-electron chi connectivity index (χ2n) is 4.93. The maximum Gasteiger partial charge on any atom is 0.221 e. The molecule has 1 amide bonds. The molecule has 1 saturated heterocycles. The van der Waals surface area contributed by atoms with E-state index < -0.39 is 0 Å². The number of aromatic nitrogens is 3. The molecular formula is C12H22ClN5O2. The number of carbonyl (C=O) groups excluding carboxylic acids is 1. The molecule has 114 valence electrons. The summed E-state index contributed by atoms with van der Waals surface area (Å²) in [4.78, 5) is 15.6. The van der Waals surface area contributed by atoms with Crippen molar-refractivity contribution in [2.45, 2.75) is 31.3 Å². The fourth-order valence-corrected chi connectivity index (χ4v) is 2.39. The molecule has 1 fully saturated rings. The number of carbonyl (C=O) groups is 1. The van der Waals surface area contributed by atoms with Crippen LogP contribution in [0.15, 0.2) is 12.7 Å². The number of methoxy groups -OCH3 is 1. The number of ether oxygens (including phenoxy) is 1. The Balaban J connectivity index is 0.00000200. The summed E-state index contributed by atoms with van der Waals surface area (Å²) in [7, 11) is 1.69. The van der Waals surface area contributed by atoms with E-state index in [0.717, 1.165) is 19.4 Å². The van der Waals surface area contributed by atoms with Crippen LogP contribution in [0.25, 0.3) is 0 Å². The number of amides is 1. The molecule has 7 nitrogen and oxygen atoms in total. The molecule has 0 radical (unpaired) electrons. The van der Waals surface area contributed by atoms with Gasteiger partial charge in [-0.1, -0.05) is 0 Å². The summed E-state index contributed by atoms with van der Waals surface area (Å²) in [5.74, 6) is 0.0275. The predicted octanol–water partition coefficient (Wildman–Crippen LogP) is -0.0252. The molecule has 0 aliphatic carbocycles. The number of hydrogen-bond acceptors (Lipinski definition) is 5. The molecule has 1 atom stereocenters. The number of nitrogens with one attached hydrogen (secondary N) is 2. The second kappa shape index (κ2) is 8.18. The predicted molar refractivity (Wildman–Crippen MR) is 76.7 cm³/mol. The zero-order valence-corrected chi connectivity index (χ0v) is 12.5. The maximum absolute atomic E-state index is 11.8. The number of aryl methyl sites for hydroxylation is 1. The van der Waals surface area contributed by atoms with Crippen molar-refractivity contribution < 1.29 is 9.53 Å². The Kier molecular flexibility index (Phi) is 6.90. The quantitative estimate of drug-likeness (QED) is 0.739. The molecule has 2 N–H and O–H groups in total. The fraction of sp³-hybridized carbons (Fsp3) is 0.750. The Morgan fingerprint density at radius 3 is 3.05 bits per heavy atom. The van der Waals surface area contributed by atoms with Gasteiger partial charge in [0.1, 0.15) is 12.7 Å². The lowest BCUT2D eigenvalue weighted by Gasteiger charge is -2.28. The van der Waals surface area contributed by atoms with Crippen LogP contribution in [0.5, 0.6) is 0 Å². The van der Waals surface area contributed by atoms with E-state index in [1.165, 1.54) is 6.33 Å². The van der Waals surface area contributed by atoms with Gasteiger partial charge in [-0.2, -0.15) is 5.10 Å². The average molecular weight is 304 g/mol. The monoisotopic (exact) mass is 303 g/mol. The van der Waals surface area contributed by atoms with Crippen molar-refractivity contribution in [3.63, 3.8) is 0 Å². The fourth-order valence-electron chi connectivity index (χ4n) is 2.39. The molecule has 0 aromatic carbocycles. The molecule has 1 aliphatic heterocycles. The highest BCUT2D eigenvalue weighted by Crippen LogP contribution is 2.18. The molecule has 20 heavy (non-hydrogen) atoms. The van der Waals surface area contributed by atoms with Crippen molar-refractivity contribution in [3.05, 3.63) is 12.7 Å². The van der Waals surface area contributed by atoms with Crippen LogP contribution in [0.3, 0.4) is 0 Å². The molecule has 8 heteroatoms. The van der Waals surface area contributed by atoms with Gasteiger partial charge < -0.3 is 15.4 Å². The van der Waals surface area contributed by atoms with Gasteiger partial charge in [0, 0.05) is 20.1 Å². The van der Waals surface area contributed by atoms with Crippen molar-refractivity contribution in [1.82, 2.24) is 25.4 Å². The Hall–Kier alpha value is -1.18. The van der Waals surface area contributed by atoms with Gasteiger partial charge in [0.25, 0.3) is 0 Å². The summed E-state index contributed by atoms with van der Waals surface area (Å²) in [6, 6.07) is 0. The molecule has 0 saturated carbocycles. The first-order valence-electron chi connectivity index (χ1n) is 6.57. The van der Waals surface area contributed by atoms with Crippen LogP contribution in [0, 0.1) is 0 Å². The highest BCUT2D eigenvalue weighted by atomic mass is 35.5. The summed E-state index contributed by atoms with van der Waals surface area (Å²) < 4.78 is 6.90. The highest BCUT2D eigenvalue weighted by Gasteiger charge is 2.33. The topological polar surface area (TPSA) is 81.1 Å². The first-order chi connectivity index (χ1) is 9.24. The number of halogens is 1. The standard InChI is InChI=1S/C12H21N5O2.ClH/c1-19-8-12(4-2-5-15-12)7-14-11(18)3-6-17-10-13-9-16-17;/h9-10,15H,2-8H2,1H3,(H,14,18);1H. The van der Waals surface area contributed by atoms with Gasteiger partial charge in [-0.05, 0) is 19.4 Å². The third-order valence-electron chi connectivity index (χ3n) is 3.41. The maximum atomic E-state index is 11.8. The van der Waals surface area contributed by atoms with Crippen LogP contribution >= 0.6 is 12.4 Å². The Bertz CT molecular complexity index is 393. The van der Waals surface area contributed by atoms with E-state index in [4.69, 9.17) is 4.74 Å². The number of hydrogen-bond donors (Lipinski definition) is 2. The summed E-state index contributed by atoms with van der Waals surface area (Å²) in [5.41, 5.74) is -0.0995. The summed E-state index contributed by atoms with van der Waals surface area (Å²) in [6.07, 6.45) is 5.64. The molecule has 1 aliphatic rings. The number of nitrogens with zero attached hydrogens (tertiary/aromatic N) is 3. The van der Waals surface area contributed by atoms with E-state index in [-0.39, 0.29) is 23.9 Å². The third-order valence-corrected chi connectivity index (χ3v) is 3.41. The molecule has 2 heterocycles. The van der Waals surface area contributed by atoms with Crippen LogP contribution in [-0.4, -0.2) is 53.0 Å². The summed E-state index contributed by atoms with van der Waals surface area (Å²) >= 11 is 0. The minimum absolute atomic E-state index is 0. The minimum Gasteiger partial charge on any atom is -0.383 e. The van der Waals surface area contributed by atoms with Gasteiger partial charge in [0.05, 0.1) is 18.7 Å². The zero-order chi connectivity index (χ0) is 13.6. The molecule has 1 aromatic heterocycles. The van der Waals surface area contributed by atoms with Crippen LogP contribution in [-0.2, 0) is 16.1 Å². The van der Waals surface area contributed by atoms with E-state index in [2.05, 4.69) is 20.7 Å². The van der Waals surface area contributed by atoms with Gasteiger partial charge in [0.2, 0.25) is 5.91 Å². The van der Waals surface area contributed by atoms with E-state index in [1.54, 1.807) is 18.1 Å². The van der Waals surface area contributed by atoms with Crippen LogP contribution in [0.4, 0.5) is 0 Å². The first-order valence-corrected chi connectivity index (χ1v) is 6.57. The zero-order valence-electron chi connectivity index (χ0n) is 11.7. The van der Waals surface area contributed by atoms with Crippen molar-refractivity contribution in [2.24, 2.45) is 0 Å². The van der Waals surface area contributed by atoms with Gasteiger partial charge in [0.15, 0.2) is 0 Å². The molecule has 1 aromatic rings. The van der Waals surface area contributed by atoms with Gasteiger partial charge in [-0.3, -0.25) is 9.48 Å². The van der Waals surface area contributed by atoms with E-state index in [9.17, 15) is 4.79 Å². The van der Waals surface area contributed by atoms with Crippen LogP contribution in [0.1, 0.15) is 19.3 Å². The van der Waals surface area contributed by atoms with E-state index in [0.29, 0.717) is 26.1 Å². The first kappa shape index (κ1) is 16.9. The lowest BCUT2D eigenvalue weighted by atomic mass is 9.98.